The predicted molar refractivity (Wildman–Crippen MR) is 59.1 cm³/mol. The maximum atomic E-state index is 3.74. The van der Waals surface area contributed by atoms with Gasteiger partial charge in [-0.05, 0) is 31.8 Å². The van der Waals surface area contributed by atoms with Crippen molar-refractivity contribution >= 4 is 11.8 Å². The Balaban J connectivity index is 2.07. The van der Waals surface area contributed by atoms with Crippen LogP contribution in [0.15, 0.2) is 0 Å². The fraction of sp³-hybridized carbons (Fsp3) is 1.00. The Morgan fingerprint density at radius 3 is 2.85 bits per heavy atom. The molecule has 3 heteroatoms. The number of nitrogens with one attached hydrogen (secondary N) is 2. The Hall–Kier alpha value is 0.270. The van der Waals surface area contributed by atoms with Gasteiger partial charge in [0.05, 0.1) is 4.87 Å². The van der Waals surface area contributed by atoms with Crippen molar-refractivity contribution in [2.45, 2.75) is 36.8 Å². The molecular weight excluding hydrogens is 180 g/mol. The summed E-state index contributed by atoms with van der Waals surface area (Å²) < 4.78 is 0. The van der Waals surface area contributed by atoms with E-state index in [-0.39, 0.29) is 0 Å². The highest BCUT2D eigenvalue weighted by Gasteiger charge is 2.41. The number of rotatable bonds is 0. The van der Waals surface area contributed by atoms with Gasteiger partial charge in [-0.2, -0.15) is 0 Å². The third-order valence-corrected chi connectivity index (χ3v) is 5.12. The van der Waals surface area contributed by atoms with E-state index in [1.54, 1.807) is 0 Å². The summed E-state index contributed by atoms with van der Waals surface area (Å²) in [5, 5.41) is 8.04. The van der Waals surface area contributed by atoms with Gasteiger partial charge in [-0.3, -0.25) is 0 Å². The molecule has 3 unspecified atom stereocenters. The minimum atomic E-state index is 0.392. The second kappa shape index (κ2) is 3.79. The third kappa shape index (κ3) is 1.88. The number of piperidine rings is 1. The van der Waals surface area contributed by atoms with Crippen LogP contribution in [0.1, 0.15) is 26.7 Å². The number of thioether (sulfide) groups is 1. The van der Waals surface area contributed by atoms with Crippen molar-refractivity contribution in [1.82, 2.24) is 10.6 Å². The minimum Gasteiger partial charge on any atom is -0.316 e. The summed E-state index contributed by atoms with van der Waals surface area (Å²) in [6.07, 6.45) is 2.61. The lowest BCUT2D eigenvalue weighted by molar-refractivity contribution is 0.255. The molecule has 0 bridgehead atoms. The van der Waals surface area contributed by atoms with Crippen molar-refractivity contribution in [3.8, 4) is 0 Å². The van der Waals surface area contributed by atoms with Crippen molar-refractivity contribution in [2.24, 2.45) is 5.92 Å². The first kappa shape index (κ1) is 9.81. The Labute approximate surface area is 85.2 Å². The Kier molecular flexibility index (Phi) is 2.86. The summed E-state index contributed by atoms with van der Waals surface area (Å²) in [5.74, 6) is 0.758. The molecule has 0 radical (unpaired) electrons. The van der Waals surface area contributed by atoms with E-state index in [2.05, 4.69) is 36.2 Å². The molecule has 2 nitrogen and oxygen atoms in total. The molecule has 0 aliphatic carbocycles. The topological polar surface area (TPSA) is 24.1 Å². The fourth-order valence-corrected chi connectivity index (χ4v) is 4.06. The van der Waals surface area contributed by atoms with Gasteiger partial charge in [-0.25, -0.2) is 0 Å². The van der Waals surface area contributed by atoms with Crippen molar-refractivity contribution in [2.75, 3.05) is 19.6 Å². The first-order valence-electron chi connectivity index (χ1n) is 5.36. The van der Waals surface area contributed by atoms with Gasteiger partial charge in [0.15, 0.2) is 0 Å². The van der Waals surface area contributed by atoms with Crippen LogP contribution in [0.5, 0.6) is 0 Å². The van der Waals surface area contributed by atoms with Gasteiger partial charge in [-0.1, -0.05) is 13.8 Å². The lowest BCUT2D eigenvalue weighted by atomic mass is 9.94. The van der Waals surface area contributed by atoms with Crippen molar-refractivity contribution in [3.63, 3.8) is 0 Å². The van der Waals surface area contributed by atoms with E-state index in [0.29, 0.717) is 4.87 Å². The van der Waals surface area contributed by atoms with E-state index >= 15 is 0 Å². The average Bonchev–Trinajstić information content (AvgIpc) is 2.11. The molecule has 2 rings (SSSR count). The highest BCUT2D eigenvalue weighted by atomic mass is 32.2. The molecule has 2 saturated heterocycles. The first-order chi connectivity index (χ1) is 6.23. The summed E-state index contributed by atoms with van der Waals surface area (Å²) in [6, 6.07) is 0. The summed E-state index contributed by atoms with van der Waals surface area (Å²) >= 11 is 2.17. The van der Waals surface area contributed by atoms with E-state index in [0.717, 1.165) is 11.2 Å². The van der Waals surface area contributed by atoms with Crippen LogP contribution in [0.25, 0.3) is 0 Å². The zero-order chi connectivity index (χ0) is 9.31. The highest BCUT2D eigenvalue weighted by Crippen LogP contribution is 2.41. The summed E-state index contributed by atoms with van der Waals surface area (Å²) in [4.78, 5) is 0.392. The first-order valence-corrected chi connectivity index (χ1v) is 6.24. The van der Waals surface area contributed by atoms with Gasteiger partial charge in [0, 0.05) is 11.8 Å². The van der Waals surface area contributed by atoms with Crippen LogP contribution in [0.2, 0.25) is 0 Å². The largest absolute Gasteiger partial charge is 0.316 e. The molecule has 0 aromatic heterocycles. The van der Waals surface area contributed by atoms with Crippen molar-refractivity contribution in [3.05, 3.63) is 0 Å². The van der Waals surface area contributed by atoms with Crippen LogP contribution in [0.4, 0.5) is 0 Å². The molecule has 13 heavy (non-hydrogen) atoms. The quantitative estimate of drug-likeness (QED) is 0.618. The summed E-state index contributed by atoms with van der Waals surface area (Å²) in [6.45, 7) is 8.29. The lowest BCUT2D eigenvalue weighted by Gasteiger charge is -2.47. The predicted octanol–water partition coefficient (Wildman–Crippen LogP) is 1.43. The Morgan fingerprint density at radius 1 is 1.31 bits per heavy atom. The molecule has 0 aromatic carbocycles. The van der Waals surface area contributed by atoms with E-state index < -0.39 is 0 Å². The van der Waals surface area contributed by atoms with E-state index in [9.17, 15) is 0 Å². The maximum absolute atomic E-state index is 3.74. The molecule has 0 amide bonds. The average molecular weight is 200 g/mol. The SMILES string of the molecule is CC1CCNC2(CCNCC2C)S1. The molecule has 2 aliphatic rings. The van der Waals surface area contributed by atoms with Crippen molar-refractivity contribution < 1.29 is 0 Å². The minimum absolute atomic E-state index is 0.392. The zero-order valence-corrected chi connectivity index (χ0v) is 9.41. The molecule has 1 spiro atoms. The van der Waals surface area contributed by atoms with Gasteiger partial charge in [0.2, 0.25) is 0 Å². The maximum Gasteiger partial charge on any atom is 0.0698 e. The van der Waals surface area contributed by atoms with Gasteiger partial charge in [0.25, 0.3) is 0 Å². The molecule has 76 valence electrons. The van der Waals surface area contributed by atoms with Crippen LogP contribution < -0.4 is 10.6 Å². The van der Waals surface area contributed by atoms with E-state index in [1.807, 2.05) is 0 Å². The van der Waals surface area contributed by atoms with Crippen LogP contribution in [0.3, 0.4) is 0 Å². The second-order valence-electron chi connectivity index (χ2n) is 4.39. The Bertz CT molecular complexity index is 182. The number of hydrogen-bond acceptors (Lipinski definition) is 3. The van der Waals surface area contributed by atoms with Gasteiger partial charge in [-0.15, -0.1) is 11.8 Å². The summed E-state index contributed by atoms with van der Waals surface area (Å²) in [7, 11) is 0. The molecule has 2 heterocycles. The molecule has 0 saturated carbocycles. The molecular formula is C10H20N2S. The molecule has 3 atom stereocenters. The molecule has 2 fully saturated rings. The molecule has 2 aliphatic heterocycles. The molecule has 2 N–H and O–H groups in total. The van der Waals surface area contributed by atoms with E-state index in [1.165, 1.54) is 32.5 Å². The monoisotopic (exact) mass is 200 g/mol. The number of hydrogen-bond donors (Lipinski definition) is 2. The standard InChI is InChI=1S/C10H20N2S/c1-8-7-11-6-4-10(8)12-5-3-9(2)13-10/h8-9,11-12H,3-7H2,1-2H3. The van der Waals surface area contributed by atoms with Crippen LogP contribution in [0, 0.1) is 5.92 Å². The summed E-state index contributed by atoms with van der Waals surface area (Å²) in [5.41, 5.74) is 0. The van der Waals surface area contributed by atoms with Crippen molar-refractivity contribution in [1.29, 1.82) is 0 Å². The molecule has 0 aromatic rings. The van der Waals surface area contributed by atoms with Gasteiger partial charge in [0.1, 0.15) is 0 Å². The lowest BCUT2D eigenvalue weighted by Crippen LogP contribution is -2.58. The third-order valence-electron chi connectivity index (χ3n) is 3.31. The second-order valence-corrected chi connectivity index (χ2v) is 6.16. The Morgan fingerprint density at radius 2 is 2.15 bits per heavy atom. The van der Waals surface area contributed by atoms with Crippen LogP contribution in [-0.4, -0.2) is 29.8 Å². The smallest absolute Gasteiger partial charge is 0.0698 e. The fourth-order valence-electron chi connectivity index (χ4n) is 2.39. The zero-order valence-electron chi connectivity index (χ0n) is 8.60. The highest BCUT2D eigenvalue weighted by molar-refractivity contribution is 8.01. The van der Waals surface area contributed by atoms with Crippen LogP contribution >= 0.6 is 11.8 Å². The normalized spacial score (nSPS) is 46.6. The van der Waals surface area contributed by atoms with Gasteiger partial charge >= 0.3 is 0 Å². The van der Waals surface area contributed by atoms with Gasteiger partial charge < -0.3 is 10.6 Å². The van der Waals surface area contributed by atoms with E-state index in [4.69, 9.17) is 0 Å². The van der Waals surface area contributed by atoms with Crippen LogP contribution in [-0.2, 0) is 0 Å².